The van der Waals surface area contributed by atoms with Crippen molar-refractivity contribution < 1.29 is 19.1 Å². The van der Waals surface area contributed by atoms with Crippen molar-refractivity contribution in [1.82, 2.24) is 0 Å². The Labute approximate surface area is 106 Å². The molecule has 1 heterocycles. The Hall–Kier alpha value is -0.880. The van der Waals surface area contributed by atoms with Crippen LogP contribution < -0.4 is 0 Å². The first kappa shape index (κ1) is 13.2. The second kappa shape index (κ2) is 6.00. The zero-order chi connectivity index (χ0) is 12.1. The van der Waals surface area contributed by atoms with E-state index in [0.717, 1.165) is 9.35 Å². The Bertz CT molecular complexity index is 372. The first-order valence-corrected chi connectivity index (χ1v) is 6.15. The van der Waals surface area contributed by atoms with Gasteiger partial charge in [0.25, 0.3) is 0 Å². The predicted octanol–water partition coefficient (Wildman–Crippen LogP) is 2.02. The van der Waals surface area contributed by atoms with Crippen molar-refractivity contribution in [2.24, 2.45) is 5.92 Å². The Morgan fingerprint density at radius 3 is 2.31 bits per heavy atom. The van der Waals surface area contributed by atoms with E-state index >= 15 is 0 Å². The number of rotatable bonds is 4. The molecule has 1 aromatic rings. The van der Waals surface area contributed by atoms with Crippen molar-refractivity contribution in [3.63, 3.8) is 0 Å². The molecule has 0 saturated carbocycles. The maximum absolute atomic E-state index is 11.4. The third-order valence-electron chi connectivity index (χ3n) is 2.05. The SMILES string of the molecule is COC(=O)C(Cc1sccc1Br)C(=O)OC. The third-order valence-corrected chi connectivity index (χ3v) is 4.00. The predicted molar refractivity (Wildman–Crippen MR) is 63.2 cm³/mol. The van der Waals surface area contributed by atoms with Crippen LogP contribution in [-0.2, 0) is 25.5 Å². The third kappa shape index (κ3) is 3.05. The van der Waals surface area contributed by atoms with E-state index in [2.05, 4.69) is 25.4 Å². The van der Waals surface area contributed by atoms with Crippen LogP contribution in [0.1, 0.15) is 4.88 Å². The highest BCUT2D eigenvalue weighted by molar-refractivity contribution is 9.10. The van der Waals surface area contributed by atoms with Crippen LogP contribution in [0.15, 0.2) is 15.9 Å². The van der Waals surface area contributed by atoms with E-state index in [9.17, 15) is 9.59 Å². The molecular formula is C10H11BrO4S. The van der Waals surface area contributed by atoms with Gasteiger partial charge in [0.15, 0.2) is 5.92 Å². The maximum atomic E-state index is 11.4. The van der Waals surface area contributed by atoms with Crippen molar-refractivity contribution in [3.8, 4) is 0 Å². The molecule has 0 radical (unpaired) electrons. The van der Waals surface area contributed by atoms with Gasteiger partial charge in [0, 0.05) is 15.8 Å². The molecule has 1 rings (SSSR count). The molecule has 0 aliphatic rings. The van der Waals surface area contributed by atoms with Crippen LogP contribution in [0.5, 0.6) is 0 Å². The van der Waals surface area contributed by atoms with E-state index in [1.54, 1.807) is 0 Å². The van der Waals surface area contributed by atoms with Crippen molar-refractivity contribution in [1.29, 1.82) is 0 Å². The van der Waals surface area contributed by atoms with Crippen LogP contribution in [0.4, 0.5) is 0 Å². The number of carbonyl (C=O) groups excluding carboxylic acids is 2. The second-order valence-corrected chi connectivity index (χ2v) is 4.85. The molecule has 88 valence electrons. The highest BCUT2D eigenvalue weighted by Crippen LogP contribution is 2.26. The fourth-order valence-corrected chi connectivity index (χ4v) is 2.76. The number of halogens is 1. The Kier molecular flexibility index (Phi) is 4.95. The second-order valence-electron chi connectivity index (χ2n) is 2.99. The molecule has 0 amide bonds. The molecule has 0 aliphatic heterocycles. The van der Waals surface area contributed by atoms with Crippen molar-refractivity contribution in [2.75, 3.05) is 14.2 Å². The van der Waals surface area contributed by atoms with E-state index in [-0.39, 0.29) is 6.42 Å². The summed E-state index contributed by atoms with van der Waals surface area (Å²) in [5, 5.41) is 1.88. The van der Waals surface area contributed by atoms with Crippen LogP contribution in [0, 0.1) is 5.92 Å². The summed E-state index contributed by atoms with van der Waals surface area (Å²) in [5.74, 6) is -2.05. The summed E-state index contributed by atoms with van der Waals surface area (Å²) in [7, 11) is 2.50. The molecule has 0 spiro atoms. The zero-order valence-corrected chi connectivity index (χ0v) is 11.3. The van der Waals surface area contributed by atoms with Crippen molar-refractivity contribution in [2.45, 2.75) is 6.42 Å². The largest absolute Gasteiger partial charge is 0.468 e. The number of esters is 2. The van der Waals surface area contributed by atoms with Gasteiger partial charge in [-0.3, -0.25) is 9.59 Å². The Morgan fingerprint density at radius 1 is 1.38 bits per heavy atom. The van der Waals surface area contributed by atoms with Gasteiger partial charge in [-0.2, -0.15) is 0 Å². The smallest absolute Gasteiger partial charge is 0.320 e. The quantitative estimate of drug-likeness (QED) is 0.631. The molecule has 4 nitrogen and oxygen atoms in total. The van der Waals surface area contributed by atoms with Gasteiger partial charge in [0.05, 0.1) is 14.2 Å². The van der Waals surface area contributed by atoms with E-state index in [4.69, 9.17) is 0 Å². The molecule has 0 bridgehead atoms. The lowest BCUT2D eigenvalue weighted by Gasteiger charge is -2.11. The lowest BCUT2D eigenvalue weighted by molar-refractivity contribution is -0.158. The summed E-state index contributed by atoms with van der Waals surface area (Å²) >= 11 is 4.81. The first-order valence-electron chi connectivity index (χ1n) is 4.47. The molecule has 0 aromatic carbocycles. The van der Waals surface area contributed by atoms with Gasteiger partial charge in [-0.15, -0.1) is 11.3 Å². The van der Waals surface area contributed by atoms with Gasteiger partial charge in [-0.1, -0.05) is 0 Å². The molecule has 1 aromatic heterocycles. The summed E-state index contributed by atoms with van der Waals surface area (Å²) in [4.78, 5) is 23.7. The van der Waals surface area contributed by atoms with Gasteiger partial charge in [0.1, 0.15) is 0 Å². The first-order chi connectivity index (χ1) is 7.60. The van der Waals surface area contributed by atoms with E-state index in [1.165, 1.54) is 25.6 Å². The monoisotopic (exact) mass is 306 g/mol. The molecule has 0 saturated heterocycles. The molecule has 0 unspecified atom stereocenters. The minimum absolute atomic E-state index is 0.289. The van der Waals surface area contributed by atoms with E-state index in [0.29, 0.717) is 0 Å². The average molecular weight is 307 g/mol. The van der Waals surface area contributed by atoms with Crippen LogP contribution in [-0.4, -0.2) is 26.2 Å². The Balaban J connectivity index is 2.83. The fraction of sp³-hybridized carbons (Fsp3) is 0.400. The summed E-state index contributed by atoms with van der Waals surface area (Å²) in [6.07, 6.45) is 0.289. The number of ether oxygens (including phenoxy) is 2. The summed E-state index contributed by atoms with van der Waals surface area (Å²) in [6, 6.07) is 1.87. The normalized spacial score (nSPS) is 10.2. The molecular weight excluding hydrogens is 296 g/mol. The lowest BCUT2D eigenvalue weighted by Crippen LogP contribution is -2.28. The highest BCUT2D eigenvalue weighted by Gasteiger charge is 2.29. The highest BCUT2D eigenvalue weighted by atomic mass is 79.9. The number of hydrogen-bond acceptors (Lipinski definition) is 5. The van der Waals surface area contributed by atoms with Crippen LogP contribution in [0.2, 0.25) is 0 Å². The van der Waals surface area contributed by atoms with Crippen LogP contribution >= 0.6 is 27.3 Å². The Morgan fingerprint density at radius 2 is 1.94 bits per heavy atom. The molecule has 0 aliphatic carbocycles. The van der Waals surface area contributed by atoms with E-state index in [1.807, 2.05) is 11.4 Å². The number of thiophene rings is 1. The molecule has 6 heteroatoms. The molecule has 0 N–H and O–H groups in total. The van der Waals surface area contributed by atoms with Gasteiger partial charge in [-0.05, 0) is 27.4 Å². The van der Waals surface area contributed by atoms with Crippen molar-refractivity contribution >= 4 is 39.2 Å². The van der Waals surface area contributed by atoms with Crippen molar-refractivity contribution in [3.05, 3.63) is 20.8 Å². The molecule has 16 heavy (non-hydrogen) atoms. The lowest BCUT2D eigenvalue weighted by atomic mass is 10.1. The van der Waals surface area contributed by atoms with Crippen LogP contribution in [0.25, 0.3) is 0 Å². The minimum Gasteiger partial charge on any atom is -0.468 e. The van der Waals surface area contributed by atoms with Gasteiger partial charge in [0.2, 0.25) is 0 Å². The average Bonchev–Trinajstić information content (AvgIpc) is 2.69. The molecule has 0 atom stereocenters. The number of methoxy groups -OCH3 is 2. The summed E-state index contributed by atoms with van der Waals surface area (Å²) in [6.45, 7) is 0. The topological polar surface area (TPSA) is 52.6 Å². The standard InChI is InChI=1S/C10H11BrO4S/c1-14-9(12)6(10(13)15-2)5-8-7(11)3-4-16-8/h3-4,6H,5H2,1-2H3. The fourth-order valence-electron chi connectivity index (χ4n) is 1.20. The minimum atomic E-state index is -0.898. The van der Waals surface area contributed by atoms with Gasteiger partial charge < -0.3 is 9.47 Å². The van der Waals surface area contributed by atoms with Gasteiger partial charge >= 0.3 is 11.9 Å². The zero-order valence-electron chi connectivity index (χ0n) is 8.86. The number of hydrogen-bond donors (Lipinski definition) is 0. The van der Waals surface area contributed by atoms with E-state index < -0.39 is 17.9 Å². The summed E-state index contributed by atoms with van der Waals surface area (Å²) < 4.78 is 10.0. The van der Waals surface area contributed by atoms with Gasteiger partial charge in [-0.25, -0.2) is 0 Å². The summed E-state index contributed by atoms with van der Waals surface area (Å²) in [5.41, 5.74) is 0. The van der Waals surface area contributed by atoms with Crippen LogP contribution in [0.3, 0.4) is 0 Å². The number of carbonyl (C=O) groups is 2. The molecule has 0 fully saturated rings. The maximum Gasteiger partial charge on any atom is 0.320 e.